The Hall–Kier alpha value is 0.427. The topological polar surface area (TPSA) is 72.8 Å². The third-order valence-corrected chi connectivity index (χ3v) is 1.13. The SMILES string of the molecule is CCOCCOS(=O)(=O)O.[H-].[Li+]. The van der Waals surface area contributed by atoms with Crippen LogP contribution in [0.4, 0.5) is 0 Å². The van der Waals surface area contributed by atoms with Crippen LogP contribution in [0.2, 0.25) is 0 Å². The van der Waals surface area contributed by atoms with Crippen molar-refractivity contribution in [1.29, 1.82) is 0 Å². The van der Waals surface area contributed by atoms with Crippen LogP contribution >= 0.6 is 0 Å². The average molecular weight is 178 g/mol. The third kappa shape index (κ3) is 13.4. The summed E-state index contributed by atoms with van der Waals surface area (Å²) in [7, 11) is -4.28. The molecule has 0 aliphatic carbocycles. The normalized spacial score (nSPS) is 10.7. The zero-order valence-corrected chi connectivity index (χ0v) is 7.43. The Balaban J connectivity index is -0.000000405. The van der Waals surface area contributed by atoms with E-state index in [2.05, 4.69) is 4.18 Å². The molecule has 0 spiro atoms. The molecule has 0 aromatic heterocycles. The van der Waals surface area contributed by atoms with Gasteiger partial charge in [-0.1, -0.05) is 0 Å². The van der Waals surface area contributed by atoms with Crippen LogP contribution in [0.5, 0.6) is 0 Å². The fourth-order valence-electron chi connectivity index (χ4n) is 0.343. The zero-order chi connectivity index (χ0) is 8.04. The quantitative estimate of drug-likeness (QED) is 0.275. The molecule has 7 heteroatoms. The van der Waals surface area contributed by atoms with Crippen molar-refractivity contribution in [2.45, 2.75) is 6.92 Å². The summed E-state index contributed by atoms with van der Waals surface area (Å²) in [5.74, 6) is 0. The molecule has 0 aromatic carbocycles. The molecule has 0 saturated carbocycles. The predicted molar refractivity (Wildman–Crippen MR) is 35.1 cm³/mol. The second-order valence-corrected chi connectivity index (χ2v) is 2.54. The molecular weight excluding hydrogens is 167 g/mol. The fraction of sp³-hybridized carbons (Fsp3) is 1.00. The molecule has 0 fully saturated rings. The Bertz CT molecular complexity index is 170. The smallest absolute Gasteiger partial charge is 1.00 e. The molecular formula is C4H11LiO5S. The Kier molecular flexibility index (Phi) is 9.02. The van der Waals surface area contributed by atoms with Gasteiger partial charge >= 0.3 is 29.3 Å². The van der Waals surface area contributed by atoms with Crippen molar-refractivity contribution in [3.05, 3.63) is 0 Å². The average Bonchev–Trinajstić information content (AvgIpc) is 1.78. The van der Waals surface area contributed by atoms with Crippen LogP contribution in [0.15, 0.2) is 0 Å². The van der Waals surface area contributed by atoms with Crippen molar-refractivity contribution in [2.24, 2.45) is 0 Å². The van der Waals surface area contributed by atoms with Crippen molar-refractivity contribution in [1.82, 2.24) is 0 Å². The van der Waals surface area contributed by atoms with E-state index in [1.54, 1.807) is 6.92 Å². The molecule has 0 atom stereocenters. The van der Waals surface area contributed by atoms with E-state index in [9.17, 15) is 8.42 Å². The summed E-state index contributed by atoms with van der Waals surface area (Å²) in [4.78, 5) is 0. The minimum atomic E-state index is -4.28. The summed E-state index contributed by atoms with van der Waals surface area (Å²) >= 11 is 0. The van der Waals surface area contributed by atoms with Crippen LogP contribution < -0.4 is 18.9 Å². The molecule has 0 aliphatic rings. The molecule has 5 nitrogen and oxygen atoms in total. The van der Waals surface area contributed by atoms with Crippen molar-refractivity contribution in [3.63, 3.8) is 0 Å². The molecule has 0 saturated heterocycles. The molecule has 1 N–H and O–H groups in total. The summed E-state index contributed by atoms with van der Waals surface area (Å²) in [6, 6.07) is 0. The van der Waals surface area contributed by atoms with Gasteiger partial charge in [0, 0.05) is 6.61 Å². The Morgan fingerprint density at radius 1 is 1.45 bits per heavy atom. The van der Waals surface area contributed by atoms with E-state index in [0.717, 1.165) is 0 Å². The van der Waals surface area contributed by atoms with Gasteiger partial charge in [0.15, 0.2) is 0 Å². The predicted octanol–water partition coefficient (Wildman–Crippen LogP) is -3.04. The Morgan fingerprint density at radius 3 is 2.36 bits per heavy atom. The van der Waals surface area contributed by atoms with Gasteiger partial charge in [0.05, 0.1) is 13.2 Å². The monoisotopic (exact) mass is 178 g/mol. The van der Waals surface area contributed by atoms with Gasteiger partial charge in [0.1, 0.15) is 0 Å². The van der Waals surface area contributed by atoms with Crippen LogP contribution in [0, 0.1) is 0 Å². The van der Waals surface area contributed by atoms with Crippen LogP contribution in [-0.2, 0) is 19.3 Å². The molecule has 64 valence electrons. The fourth-order valence-corrected chi connectivity index (χ4v) is 0.621. The largest absolute Gasteiger partial charge is 1.00 e. The van der Waals surface area contributed by atoms with Crippen LogP contribution in [0.1, 0.15) is 8.35 Å². The minimum Gasteiger partial charge on any atom is -1.00 e. The first-order valence-corrected chi connectivity index (χ1v) is 4.12. The van der Waals surface area contributed by atoms with Crippen LogP contribution in [-0.4, -0.2) is 32.8 Å². The van der Waals surface area contributed by atoms with Crippen molar-refractivity contribution in [3.8, 4) is 0 Å². The summed E-state index contributed by atoms with van der Waals surface area (Å²) in [6.45, 7) is 2.28. The molecule has 0 aromatic rings. The van der Waals surface area contributed by atoms with Gasteiger partial charge in [0.25, 0.3) is 0 Å². The second-order valence-electron chi connectivity index (χ2n) is 1.45. The number of ether oxygens (including phenoxy) is 1. The molecule has 0 unspecified atom stereocenters. The number of hydrogen-bond donors (Lipinski definition) is 1. The molecule has 0 bridgehead atoms. The second kappa shape index (κ2) is 7.10. The molecule has 0 heterocycles. The van der Waals surface area contributed by atoms with E-state index in [-0.39, 0.29) is 33.5 Å². The molecule has 0 radical (unpaired) electrons. The first kappa shape index (κ1) is 14.0. The van der Waals surface area contributed by atoms with E-state index >= 15 is 0 Å². The van der Waals surface area contributed by atoms with Crippen molar-refractivity contribution >= 4 is 10.4 Å². The van der Waals surface area contributed by atoms with Crippen molar-refractivity contribution < 1.29 is 42.2 Å². The van der Waals surface area contributed by atoms with E-state index in [4.69, 9.17) is 9.29 Å². The van der Waals surface area contributed by atoms with Gasteiger partial charge < -0.3 is 6.16 Å². The molecule has 0 rings (SSSR count). The Labute approximate surface area is 79.7 Å². The zero-order valence-electron chi connectivity index (χ0n) is 7.61. The van der Waals surface area contributed by atoms with Crippen LogP contribution in [0.25, 0.3) is 0 Å². The molecule has 0 amide bonds. The third-order valence-electron chi connectivity index (χ3n) is 0.664. The van der Waals surface area contributed by atoms with E-state index in [1.165, 1.54) is 0 Å². The van der Waals surface area contributed by atoms with Gasteiger partial charge in [0.2, 0.25) is 0 Å². The van der Waals surface area contributed by atoms with Gasteiger partial charge in [-0.05, 0) is 6.92 Å². The summed E-state index contributed by atoms with van der Waals surface area (Å²) in [6.07, 6.45) is 0. The maximum Gasteiger partial charge on any atom is 1.00 e. The Morgan fingerprint density at radius 2 is 2.00 bits per heavy atom. The first-order valence-electron chi connectivity index (χ1n) is 2.76. The van der Waals surface area contributed by atoms with Gasteiger partial charge in [-0.15, -0.1) is 0 Å². The van der Waals surface area contributed by atoms with E-state index in [1.807, 2.05) is 0 Å². The van der Waals surface area contributed by atoms with E-state index < -0.39 is 10.4 Å². The number of hydrogen-bond acceptors (Lipinski definition) is 4. The van der Waals surface area contributed by atoms with Gasteiger partial charge in [-0.3, -0.25) is 4.55 Å². The van der Waals surface area contributed by atoms with Crippen LogP contribution in [0.3, 0.4) is 0 Å². The van der Waals surface area contributed by atoms with Crippen molar-refractivity contribution in [2.75, 3.05) is 19.8 Å². The first-order chi connectivity index (χ1) is 4.56. The van der Waals surface area contributed by atoms with Gasteiger partial charge in [-0.25, -0.2) is 4.18 Å². The number of rotatable bonds is 5. The standard InChI is InChI=1S/C4H10O5S.Li.H/c1-2-8-3-4-9-10(5,6)7;;/h2-4H2,1H3,(H,5,6,7);;/q;+1;-1. The maximum atomic E-state index is 9.87. The minimum absolute atomic E-state index is 0. The summed E-state index contributed by atoms with van der Waals surface area (Å²) in [5, 5.41) is 0. The summed E-state index contributed by atoms with van der Waals surface area (Å²) in [5.41, 5.74) is 0. The molecule has 11 heavy (non-hydrogen) atoms. The summed E-state index contributed by atoms with van der Waals surface area (Å²) < 4.78 is 36.4. The van der Waals surface area contributed by atoms with Gasteiger partial charge in [-0.2, -0.15) is 8.42 Å². The maximum absolute atomic E-state index is 9.87. The van der Waals surface area contributed by atoms with E-state index in [0.29, 0.717) is 6.61 Å². The molecule has 0 aliphatic heterocycles.